The Labute approximate surface area is 78.8 Å². The predicted octanol–water partition coefficient (Wildman–Crippen LogP) is 4.45. The highest BCUT2D eigenvalue weighted by molar-refractivity contribution is 4.66. The van der Waals surface area contributed by atoms with Crippen molar-refractivity contribution in [3.05, 3.63) is 6.92 Å². The van der Waals surface area contributed by atoms with E-state index in [4.69, 9.17) is 0 Å². The van der Waals surface area contributed by atoms with Crippen LogP contribution in [0.25, 0.3) is 0 Å². The minimum atomic E-state index is 0.560. The second-order valence-electron chi connectivity index (χ2n) is 4.87. The smallest absolute Gasteiger partial charge is 0.0357 e. The van der Waals surface area contributed by atoms with E-state index in [9.17, 15) is 0 Å². The van der Waals surface area contributed by atoms with Gasteiger partial charge in [0, 0.05) is 0 Å². The zero-order valence-corrected chi connectivity index (χ0v) is 9.32. The van der Waals surface area contributed by atoms with E-state index in [1.807, 2.05) is 0 Å². The molecule has 12 heavy (non-hydrogen) atoms. The molecular formula is C12H25. The lowest BCUT2D eigenvalue weighted by Gasteiger charge is -2.22. The topological polar surface area (TPSA) is 0 Å². The summed E-state index contributed by atoms with van der Waals surface area (Å²) in [6, 6.07) is 0. The van der Waals surface area contributed by atoms with Crippen LogP contribution in [-0.2, 0) is 0 Å². The van der Waals surface area contributed by atoms with Crippen LogP contribution in [0.1, 0.15) is 59.8 Å². The maximum atomic E-state index is 3.99. The van der Waals surface area contributed by atoms with Crippen LogP contribution >= 0.6 is 0 Å². The normalized spacial score (nSPS) is 12.5. The summed E-state index contributed by atoms with van der Waals surface area (Å²) in [4.78, 5) is 0. The fourth-order valence-electron chi connectivity index (χ4n) is 1.27. The summed E-state index contributed by atoms with van der Waals surface area (Å²) in [6.45, 7) is 13.2. The fourth-order valence-corrected chi connectivity index (χ4v) is 1.27. The third kappa shape index (κ3) is 6.69. The molecule has 0 saturated carbocycles. The van der Waals surface area contributed by atoms with E-state index in [2.05, 4.69) is 34.6 Å². The van der Waals surface area contributed by atoms with Gasteiger partial charge in [0.15, 0.2) is 0 Å². The Kier molecular flexibility index (Phi) is 5.61. The first kappa shape index (κ1) is 12.0. The van der Waals surface area contributed by atoms with E-state index < -0.39 is 0 Å². The molecule has 0 nitrogen and oxygen atoms in total. The molecule has 0 aromatic carbocycles. The average molecular weight is 169 g/mol. The lowest BCUT2D eigenvalue weighted by molar-refractivity contribution is 0.305. The highest BCUT2D eigenvalue weighted by atomic mass is 14.2. The first-order valence-electron chi connectivity index (χ1n) is 5.31. The highest BCUT2D eigenvalue weighted by Crippen LogP contribution is 2.27. The van der Waals surface area contributed by atoms with Crippen molar-refractivity contribution in [3.63, 3.8) is 0 Å². The Morgan fingerprint density at radius 2 is 1.83 bits per heavy atom. The van der Waals surface area contributed by atoms with E-state index in [0.717, 1.165) is 0 Å². The Hall–Kier alpha value is 0. The van der Waals surface area contributed by atoms with Gasteiger partial charge in [-0.1, -0.05) is 60.3 Å². The number of unbranched alkanes of at least 4 members (excludes halogenated alkanes) is 1. The van der Waals surface area contributed by atoms with E-state index in [-0.39, 0.29) is 0 Å². The molecule has 0 fully saturated rings. The van der Waals surface area contributed by atoms with Gasteiger partial charge in [0.2, 0.25) is 0 Å². The molecule has 0 saturated heterocycles. The zero-order chi connectivity index (χ0) is 9.61. The Morgan fingerprint density at radius 1 is 1.25 bits per heavy atom. The minimum Gasteiger partial charge on any atom is -0.0649 e. The molecule has 0 amide bonds. The molecular weight excluding hydrogens is 144 g/mol. The van der Waals surface area contributed by atoms with Gasteiger partial charge in [0.1, 0.15) is 0 Å². The van der Waals surface area contributed by atoms with Crippen LogP contribution in [0, 0.1) is 18.3 Å². The van der Waals surface area contributed by atoms with Gasteiger partial charge in [-0.3, -0.25) is 0 Å². The van der Waals surface area contributed by atoms with Crippen molar-refractivity contribution in [1.82, 2.24) is 0 Å². The molecule has 0 aliphatic heterocycles. The Bertz CT molecular complexity index is 101. The van der Waals surface area contributed by atoms with Gasteiger partial charge < -0.3 is 0 Å². The molecule has 0 aromatic heterocycles. The third-order valence-electron chi connectivity index (χ3n) is 2.76. The van der Waals surface area contributed by atoms with Crippen molar-refractivity contribution < 1.29 is 0 Å². The molecule has 0 bridgehead atoms. The summed E-state index contributed by atoms with van der Waals surface area (Å²) in [5, 5.41) is 0. The summed E-state index contributed by atoms with van der Waals surface area (Å²) >= 11 is 0. The van der Waals surface area contributed by atoms with Crippen molar-refractivity contribution >= 4 is 0 Å². The Balaban J connectivity index is 3.31. The monoisotopic (exact) mass is 169 g/mol. The van der Waals surface area contributed by atoms with Crippen molar-refractivity contribution in [2.75, 3.05) is 0 Å². The fraction of sp³-hybridized carbons (Fsp3) is 0.917. The first-order chi connectivity index (χ1) is 5.48. The van der Waals surface area contributed by atoms with E-state index in [1.54, 1.807) is 0 Å². The summed E-state index contributed by atoms with van der Waals surface area (Å²) in [5.41, 5.74) is 0.560. The molecule has 0 rings (SSSR count). The standard InChI is InChI=1S/C12H25/c1-6-12(4,5)10-8-7-9-11(2)3/h11H,2,6-10H2,1,3-5H3. The number of hydrogen-bond acceptors (Lipinski definition) is 0. The van der Waals surface area contributed by atoms with Crippen LogP contribution in [-0.4, -0.2) is 0 Å². The maximum Gasteiger partial charge on any atom is -0.0357 e. The van der Waals surface area contributed by atoms with Crippen LogP contribution in [0.4, 0.5) is 0 Å². The number of hydrogen-bond donors (Lipinski definition) is 0. The Morgan fingerprint density at radius 3 is 2.25 bits per heavy atom. The lowest BCUT2D eigenvalue weighted by atomic mass is 9.84. The minimum absolute atomic E-state index is 0.560. The van der Waals surface area contributed by atoms with Crippen LogP contribution in [0.5, 0.6) is 0 Å². The lowest BCUT2D eigenvalue weighted by Crippen LogP contribution is -2.08. The van der Waals surface area contributed by atoms with Gasteiger partial charge in [-0.15, -0.1) is 0 Å². The largest absolute Gasteiger partial charge is 0.0649 e. The van der Waals surface area contributed by atoms with Crippen LogP contribution < -0.4 is 0 Å². The predicted molar refractivity (Wildman–Crippen MR) is 57.1 cm³/mol. The summed E-state index contributed by atoms with van der Waals surface area (Å²) < 4.78 is 0. The molecule has 0 aliphatic carbocycles. The SMILES string of the molecule is [CH2]C(C)CCCCC(C)(C)CC. The molecule has 0 aromatic rings. The molecule has 0 heterocycles. The quantitative estimate of drug-likeness (QED) is 0.515. The van der Waals surface area contributed by atoms with Crippen LogP contribution in [0.15, 0.2) is 0 Å². The average Bonchev–Trinajstić information content (AvgIpc) is 1.98. The summed E-state index contributed by atoms with van der Waals surface area (Å²) in [7, 11) is 0. The molecule has 1 radical (unpaired) electrons. The molecule has 0 spiro atoms. The van der Waals surface area contributed by atoms with E-state index >= 15 is 0 Å². The first-order valence-corrected chi connectivity index (χ1v) is 5.31. The van der Waals surface area contributed by atoms with E-state index in [1.165, 1.54) is 32.1 Å². The van der Waals surface area contributed by atoms with Crippen molar-refractivity contribution in [3.8, 4) is 0 Å². The molecule has 73 valence electrons. The van der Waals surface area contributed by atoms with Gasteiger partial charge in [-0.05, 0) is 17.8 Å². The summed E-state index contributed by atoms with van der Waals surface area (Å²) in [6.07, 6.45) is 6.69. The van der Waals surface area contributed by atoms with Gasteiger partial charge in [-0.25, -0.2) is 0 Å². The van der Waals surface area contributed by atoms with Crippen molar-refractivity contribution in [2.45, 2.75) is 59.8 Å². The van der Waals surface area contributed by atoms with Gasteiger partial charge in [0.25, 0.3) is 0 Å². The zero-order valence-electron chi connectivity index (χ0n) is 9.32. The third-order valence-corrected chi connectivity index (χ3v) is 2.76. The number of rotatable bonds is 6. The molecule has 1 unspecified atom stereocenters. The van der Waals surface area contributed by atoms with Crippen LogP contribution in [0.2, 0.25) is 0 Å². The van der Waals surface area contributed by atoms with Crippen molar-refractivity contribution in [2.24, 2.45) is 11.3 Å². The molecule has 0 N–H and O–H groups in total. The maximum absolute atomic E-state index is 3.99. The molecule has 1 atom stereocenters. The second kappa shape index (κ2) is 5.61. The van der Waals surface area contributed by atoms with Gasteiger partial charge in [-0.2, -0.15) is 0 Å². The summed E-state index contributed by atoms with van der Waals surface area (Å²) in [5.74, 6) is 0.634. The van der Waals surface area contributed by atoms with Gasteiger partial charge >= 0.3 is 0 Å². The second-order valence-corrected chi connectivity index (χ2v) is 4.87. The molecule has 0 aliphatic rings. The van der Waals surface area contributed by atoms with E-state index in [0.29, 0.717) is 11.3 Å². The molecule has 0 heteroatoms. The van der Waals surface area contributed by atoms with Crippen molar-refractivity contribution in [1.29, 1.82) is 0 Å². The van der Waals surface area contributed by atoms with Gasteiger partial charge in [0.05, 0.1) is 0 Å². The highest BCUT2D eigenvalue weighted by Gasteiger charge is 2.13. The van der Waals surface area contributed by atoms with Crippen LogP contribution in [0.3, 0.4) is 0 Å².